The highest BCUT2D eigenvalue weighted by Crippen LogP contribution is 2.24. The predicted molar refractivity (Wildman–Crippen MR) is 48.1 cm³/mol. The summed E-state index contributed by atoms with van der Waals surface area (Å²) in [5, 5.41) is 9.19. The molecule has 12 heavy (non-hydrogen) atoms. The molecular formula is C9H9ClN2. The summed E-state index contributed by atoms with van der Waals surface area (Å²) in [6, 6.07) is 3.78. The summed E-state index contributed by atoms with van der Waals surface area (Å²) in [7, 11) is 0. The van der Waals surface area contributed by atoms with Crippen molar-refractivity contribution >= 4 is 11.6 Å². The Bertz CT molecular complexity index is 326. The van der Waals surface area contributed by atoms with Gasteiger partial charge in [-0.05, 0) is 12.0 Å². The van der Waals surface area contributed by atoms with E-state index in [0.717, 1.165) is 5.56 Å². The van der Waals surface area contributed by atoms with Gasteiger partial charge in [0.05, 0.1) is 11.6 Å². The number of aromatic nitrogens is 1. The molecule has 0 saturated heterocycles. The van der Waals surface area contributed by atoms with Gasteiger partial charge in [-0.15, -0.1) is 0 Å². The fraction of sp³-hybridized carbons (Fsp3) is 0.333. The molecule has 0 radical (unpaired) electrons. The van der Waals surface area contributed by atoms with E-state index < -0.39 is 0 Å². The van der Waals surface area contributed by atoms with Gasteiger partial charge in [0.15, 0.2) is 0 Å². The molecule has 62 valence electrons. The Hall–Kier alpha value is -1.07. The molecule has 0 atom stereocenters. The summed E-state index contributed by atoms with van der Waals surface area (Å²) < 4.78 is 0. The second kappa shape index (κ2) is 3.55. The third-order valence-electron chi connectivity index (χ3n) is 1.64. The molecule has 0 aliphatic heterocycles. The molecule has 0 unspecified atom stereocenters. The lowest BCUT2D eigenvalue weighted by Crippen LogP contribution is -1.95. The first-order chi connectivity index (χ1) is 5.66. The molecular weight excluding hydrogens is 172 g/mol. The van der Waals surface area contributed by atoms with Crippen molar-refractivity contribution in [2.45, 2.75) is 19.8 Å². The van der Waals surface area contributed by atoms with Crippen LogP contribution in [-0.2, 0) is 0 Å². The second-order valence-corrected chi connectivity index (χ2v) is 3.19. The number of hydrogen-bond acceptors (Lipinski definition) is 2. The summed E-state index contributed by atoms with van der Waals surface area (Å²) in [6.45, 7) is 3.98. The molecule has 0 aliphatic carbocycles. The highest BCUT2D eigenvalue weighted by molar-refractivity contribution is 6.30. The van der Waals surface area contributed by atoms with Crippen molar-refractivity contribution in [2.75, 3.05) is 0 Å². The van der Waals surface area contributed by atoms with E-state index in [0.29, 0.717) is 10.7 Å². The van der Waals surface area contributed by atoms with Crippen LogP contribution in [0.15, 0.2) is 12.3 Å². The molecule has 0 spiro atoms. The summed E-state index contributed by atoms with van der Waals surface area (Å²) in [4.78, 5) is 3.92. The first kappa shape index (κ1) is 9.02. The minimum atomic E-state index is 0.237. The summed E-state index contributed by atoms with van der Waals surface area (Å²) in [6.07, 6.45) is 1.55. The van der Waals surface area contributed by atoms with E-state index in [4.69, 9.17) is 16.9 Å². The average Bonchev–Trinajstić information content (AvgIpc) is 2.03. The molecule has 1 aromatic rings. The molecule has 0 bridgehead atoms. The standard InChI is InChI=1S/C9H9ClN2/c1-6(2)8-7(5-11)3-4-12-9(8)10/h3-4,6H,1-2H3. The molecule has 0 fully saturated rings. The van der Waals surface area contributed by atoms with Crippen LogP contribution in [0.1, 0.15) is 30.9 Å². The van der Waals surface area contributed by atoms with Crippen molar-refractivity contribution < 1.29 is 0 Å². The fourth-order valence-corrected chi connectivity index (χ4v) is 1.47. The van der Waals surface area contributed by atoms with Crippen molar-refractivity contribution in [1.29, 1.82) is 5.26 Å². The van der Waals surface area contributed by atoms with Gasteiger partial charge in [0, 0.05) is 11.8 Å². The molecule has 0 aliphatic rings. The van der Waals surface area contributed by atoms with E-state index in [9.17, 15) is 0 Å². The van der Waals surface area contributed by atoms with Gasteiger partial charge in [0.25, 0.3) is 0 Å². The first-order valence-electron chi connectivity index (χ1n) is 3.71. The van der Waals surface area contributed by atoms with E-state index in [-0.39, 0.29) is 5.92 Å². The summed E-state index contributed by atoms with van der Waals surface area (Å²) in [5.74, 6) is 0.237. The Balaban J connectivity index is 3.32. The molecule has 0 aromatic carbocycles. The predicted octanol–water partition coefficient (Wildman–Crippen LogP) is 2.73. The molecule has 1 aromatic heterocycles. The monoisotopic (exact) mass is 180 g/mol. The number of halogens is 1. The first-order valence-corrected chi connectivity index (χ1v) is 4.09. The van der Waals surface area contributed by atoms with Crippen molar-refractivity contribution in [1.82, 2.24) is 4.98 Å². The zero-order chi connectivity index (χ0) is 9.14. The van der Waals surface area contributed by atoms with Crippen LogP contribution < -0.4 is 0 Å². The number of pyridine rings is 1. The molecule has 0 amide bonds. The van der Waals surface area contributed by atoms with Gasteiger partial charge in [-0.1, -0.05) is 25.4 Å². The molecule has 2 nitrogen and oxygen atoms in total. The maximum Gasteiger partial charge on any atom is 0.133 e. The van der Waals surface area contributed by atoms with E-state index in [1.165, 1.54) is 0 Å². The van der Waals surface area contributed by atoms with Crippen molar-refractivity contribution in [3.63, 3.8) is 0 Å². The topological polar surface area (TPSA) is 36.7 Å². The zero-order valence-electron chi connectivity index (χ0n) is 7.00. The Labute approximate surface area is 76.8 Å². The van der Waals surface area contributed by atoms with Gasteiger partial charge in [0.2, 0.25) is 0 Å². The lowest BCUT2D eigenvalue weighted by molar-refractivity contribution is 0.854. The van der Waals surface area contributed by atoms with E-state index in [2.05, 4.69) is 11.1 Å². The van der Waals surface area contributed by atoms with Crippen LogP contribution in [0.2, 0.25) is 5.15 Å². The van der Waals surface area contributed by atoms with Crippen LogP contribution >= 0.6 is 11.6 Å². The smallest absolute Gasteiger partial charge is 0.133 e. The van der Waals surface area contributed by atoms with Crippen LogP contribution in [0.25, 0.3) is 0 Å². The fourth-order valence-electron chi connectivity index (χ4n) is 1.09. The maximum atomic E-state index is 8.76. The van der Waals surface area contributed by atoms with Gasteiger partial charge in [-0.2, -0.15) is 5.26 Å². The third kappa shape index (κ3) is 1.57. The molecule has 1 heterocycles. The molecule has 0 N–H and O–H groups in total. The van der Waals surface area contributed by atoms with Gasteiger partial charge in [0.1, 0.15) is 5.15 Å². The molecule has 1 rings (SSSR count). The Morgan fingerprint density at radius 3 is 2.67 bits per heavy atom. The summed E-state index contributed by atoms with van der Waals surface area (Å²) in [5.41, 5.74) is 1.45. The molecule has 3 heteroatoms. The quantitative estimate of drug-likeness (QED) is 0.624. The van der Waals surface area contributed by atoms with Gasteiger partial charge < -0.3 is 0 Å². The number of rotatable bonds is 1. The lowest BCUT2D eigenvalue weighted by atomic mass is 10.0. The Kier molecular flexibility index (Phi) is 2.67. The minimum absolute atomic E-state index is 0.237. The zero-order valence-corrected chi connectivity index (χ0v) is 7.76. The Morgan fingerprint density at radius 1 is 1.58 bits per heavy atom. The highest BCUT2D eigenvalue weighted by atomic mass is 35.5. The number of nitriles is 1. The van der Waals surface area contributed by atoms with Crippen LogP contribution in [0.4, 0.5) is 0 Å². The van der Waals surface area contributed by atoms with Crippen LogP contribution in [0, 0.1) is 11.3 Å². The van der Waals surface area contributed by atoms with Crippen LogP contribution in [0.5, 0.6) is 0 Å². The van der Waals surface area contributed by atoms with Crippen LogP contribution in [0.3, 0.4) is 0 Å². The van der Waals surface area contributed by atoms with Crippen molar-refractivity contribution in [3.8, 4) is 6.07 Å². The van der Waals surface area contributed by atoms with Gasteiger partial charge >= 0.3 is 0 Å². The van der Waals surface area contributed by atoms with E-state index >= 15 is 0 Å². The number of hydrogen-bond donors (Lipinski definition) is 0. The van der Waals surface area contributed by atoms with Gasteiger partial charge in [-0.25, -0.2) is 4.98 Å². The SMILES string of the molecule is CC(C)c1c(C#N)ccnc1Cl. The second-order valence-electron chi connectivity index (χ2n) is 2.83. The number of nitrogens with zero attached hydrogens (tertiary/aromatic N) is 2. The van der Waals surface area contributed by atoms with Gasteiger partial charge in [-0.3, -0.25) is 0 Å². The van der Waals surface area contributed by atoms with Crippen molar-refractivity contribution in [3.05, 3.63) is 28.5 Å². The average molecular weight is 181 g/mol. The minimum Gasteiger partial charge on any atom is -0.244 e. The third-order valence-corrected chi connectivity index (χ3v) is 1.94. The normalized spacial score (nSPS) is 9.92. The summed E-state index contributed by atoms with van der Waals surface area (Å²) >= 11 is 5.84. The maximum absolute atomic E-state index is 8.76. The van der Waals surface area contributed by atoms with E-state index in [1.807, 2.05) is 13.8 Å². The van der Waals surface area contributed by atoms with E-state index in [1.54, 1.807) is 12.3 Å². The molecule has 0 saturated carbocycles. The van der Waals surface area contributed by atoms with Crippen molar-refractivity contribution in [2.24, 2.45) is 0 Å². The lowest BCUT2D eigenvalue weighted by Gasteiger charge is -2.07. The largest absolute Gasteiger partial charge is 0.244 e. The highest BCUT2D eigenvalue weighted by Gasteiger charge is 2.10. The Morgan fingerprint density at radius 2 is 2.25 bits per heavy atom. The van der Waals surface area contributed by atoms with Crippen LogP contribution in [-0.4, -0.2) is 4.98 Å².